The largest absolute Gasteiger partial charge is 0.479 e. The molecule has 0 amide bonds. The lowest BCUT2D eigenvalue weighted by Crippen LogP contribution is -2.37. The van der Waals surface area contributed by atoms with E-state index >= 15 is 0 Å². The fourth-order valence-corrected chi connectivity index (χ4v) is 4.79. The zero-order valence-corrected chi connectivity index (χ0v) is 21.1. The van der Waals surface area contributed by atoms with Crippen molar-refractivity contribution in [1.29, 1.82) is 0 Å². The number of aryl methyl sites for hydroxylation is 1. The molecular formula is C28H33N5O3. The molecule has 0 aliphatic carbocycles. The first-order valence-electron chi connectivity index (χ1n) is 12.7. The third kappa shape index (κ3) is 4.37. The van der Waals surface area contributed by atoms with Gasteiger partial charge in [0.05, 0.1) is 41.1 Å². The Hall–Kier alpha value is -3.65. The molecule has 1 fully saturated rings. The predicted molar refractivity (Wildman–Crippen MR) is 141 cm³/mol. The van der Waals surface area contributed by atoms with Crippen LogP contribution in [0.15, 0.2) is 54.7 Å². The smallest absolute Gasteiger partial charge is 0.335 e. The van der Waals surface area contributed by atoms with Gasteiger partial charge < -0.3 is 14.7 Å². The number of carboxylic acid groups (broad SMARTS) is 1. The number of rotatable bonds is 9. The number of carboxylic acids is 1. The van der Waals surface area contributed by atoms with E-state index in [1.807, 2.05) is 34.6 Å². The summed E-state index contributed by atoms with van der Waals surface area (Å²) < 4.78 is 9.85. The molecule has 1 aliphatic heterocycles. The molecule has 1 atom stereocenters. The first-order valence-corrected chi connectivity index (χ1v) is 12.7. The van der Waals surface area contributed by atoms with E-state index in [1.165, 1.54) is 12.8 Å². The minimum Gasteiger partial charge on any atom is -0.479 e. The van der Waals surface area contributed by atoms with Gasteiger partial charge in [-0.05, 0) is 57.4 Å². The maximum Gasteiger partial charge on any atom is 0.335 e. The van der Waals surface area contributed by atoms with E-state index in [9.17, 15) is 9.90 Å². The van der Waals surface area contributed by atoms with E-state index in [0.717, 1.165) is 53.2 Å². The molecule has 1 unspecified atom stereocenters. The Kier molecular flexibility index (Phi) is 6.53. The molecule has 188 valence electrons. The van der Waals surface area contributed by atoms with E-state index in [2.05, 4.69) is 53.3 Å². The fraction of sp³-hybridized carbons (Fsp3) is 0.393. The van der Waals surface area contributed by atoms with E-state index in [4.69, 9.17) is 9.84 Å². The number of aromatic nitrogens is 4. The number of nitrogens with zero attached hydrogens (tertiary/aromatic N) is 5. The van der Waals surface area contributed by atoms with Crippen molar-refractivity contribution in [3.8, 4) is 16.9 Å². The zero-order chi connectivity index (χ0) is 25.3. The van der Waals surface area contributed by atoms with Gasteiger partial charge in [0.2, 0.25) is 0 Å². The van der Waals surface area contributed by atoms with Crippen LogP contribution in [-0.2, 0) is 22.7 Å². The van der Waals surface area contributed by atoms with Crippen molar-refractivity contribution in [3.63, 3.8) is 0 Å². The Morgan fingerprint density at radius 1 is 1.08 bits per heavy atom. The molecule has 2 aromatic heterocycles. The average molecular weight is 488 g/mol. The van der Waals surface area contributed by atoms with Gasteiger partial charge in [-0.2, -0.15) is 10.2 Å². The highest BCUT2D eigenvalue weighted by molar-refractivity contribution is 5.84. The second kappa shape index (κ2) is 9.78. The summed E-state index contributed by atoms with van der Waals surface area (Å²) >= 11 is 0. The number of hydrogen-bond acceptors (Lipinski definition) is 5. The van der Waals surface area contributed by atoms with Gasteiger partial charge in [0.15, 0.2) is 5.60 Å². The Bertz CT molecular complexity index is 1390. The van der Waals surface area contributed by atoms with Crippen LogP contribution in [0.2, 0.25) is 0 Å². The number of fused-ring (bicyclic) bond motifs is 1. The molecular weight excluding hydrogens is 454 g/mol. The lowest BCUT2D eigenvalue weighted by Gasteiger charge is -2.23. The molecule has 0 saturated carbocycles. The van der Waals surface area contributed by atoms with Crippen molar-refractivity contribution in [3.05, 3.63) is 60.4 Å². The molecule has 5 rings (SSSR count). The first kappa shape index (κ1) is 24.1. The van der Waals surface area contributed by atoms with Crippen LogP contribution in [0.1, 0.15) is 45.7 Å². The van der Waals surface area contributed by atoms with Crippen molar-refractivity contribution in [1.82, 2.24) is 19.6 Å². The lowest BCUT2D eigenvalue weighted by atomic mass is 10.0. The summed E-state index contributed by atoms with van der Waals surface area (Å²) in [4.78, 5) is 14.2. The summed E-state index contributed by atoms with van der Waals surface area (Å²) in [6.07, 6.45) is 4.62. The van der Waals surface area contributed by atoms with Gasteiger partial charge in [0.25, 0.3) is 0 Å². The van der Waals surface area contributed by atoms with Crippen LogP contribution in [-0.4, -0.2) is 49.3 Å². The van der Waals surface area contributed by atoms with Crippen molar-refractivity contribution in [2.45, 2.75) is 58.8 Å². The Morgan fingerprint density at radius 2 is 1.83 bits per heavy atom. The van der Waals surface area contributed by atoms with Crippen molar-refractivity contribution in [2.75, 3.05) is 18.0 Å². The van der Waals surface area contributed by atoms with Crippen LogP contribution < -0.4 is 4.90 Å². The topological polar surface area (TPSA) is 85.4 Å². The lowest BCUT2D eigenvalue weighted by molar-refractivity contribution is -0.165. The summed E-state index contributed by atoms with van der Waals surface area (Å²) in [5.74, 6) is -0.970. The van der Waals surface area contributed by atoms with E-state index in [-0.39, 0.29) is 6.61 Å². The monoisotopic (exact) mass is 487 g/mol. The van der Waals surface area contributed by atoms with Crippen molar-refractivity contribution < 1.29 is 14.6 Å². The maximum absolute atomic E-state index is 11.8. The number of aliphatic carboxylic acids is 1. The molecule has 2 aromatic carbocycles. The van der Waals surface area contributed by atoms with Gasteiger partial charge in [-0.25, -0.2) is 9.48 Å². The Balaban J connectivity index is 1.62. The van der Waals surface area contributed by atoms with Crippen LogP contribution in [0.5, 0.6) is 0 Å². The SMILES string of the molecule is CCn1ncc2ccc(-c3cc(COC(C)(CC)C(=O)O)nn3-c3ccccc3N3CCCC3)cc21. The molecule has 8 nitrogen and oxygen atoms in total. The molecule has 3 heterocycles. The number of benzene rings is 2. The van der Waals surface area contributed by atoms with Gasteiger partial charge in [0.1, 0.15) is 0 Å². The molecule has 4 aromatic rings. The number of carbonyl (C=O) groups is 1. The summed E-state index contributed by atoms with van der Waals surface area (Å²) in [5, 5.41) is 20.2. The Labute approximate surface area is 211 Å². The van der Waals surface area contributed by atoms with Crippen LogP contribution in [0.4, 0.5) is 5.69 Å². The third-order valence-corrected chi connectivity index (χ3v) is 7.22. The highest BCUT2D eigenvalue weighted by Crippen LogP contribution is 2.33. The first-order chi connectivity index (χ1) is 17.4. The molecule has 8 heteroatoms. The van der Waals surface area contributed by atoms with E-state index in [0.29, 0.717) is 12.1 Å². The van der Waals surface area contributed by atoms with Crippen LogP contribution in [0, 0.1) is 0 Å². The average Bonchev–Trinajstić information content (AvgIpc) is 3.66. The summed E-state index contributed by atoms with van der Waals surface area (Å²) in [5.41, 5.74) is 4.59. The van der Waals surface area contributed by atoms with Crippen LogP contribution >= 0.6 is 0 Å². The molecule has 0 spiro atoms. The van der Waals surface area contributed by atoms with Crippen molar-refractivity contribution in [2.24, 2.45) is 0 Å². The summed E-state index contributed by atoms with van der Waals surface area (Å²) in [7, 11) is 0. The van der Waals surface area contributed by atoms with Gasteiger partial charge in [-0.3, -0.25) is 4.68 Å². The number of hydrogen-bond donors (Lipinski definition) is 1. The predicted octanol–water partition coefficient (Wildman–Crippen LogP) is 5.28. The normalized spacial score (nSPS) is 15.5. The number of ether oxygens (including phenoxy) is 1. The van der Waals surface area contributed by atoms with Gasteiger partial charge in [-0.1, -0.05) is 31.2 Å². The number of para-hydroxylation sites is 2. The van der Waals surface area contributed by atoms with Gasteiger partial charge in [-0.15, -0.1) is 0 Å². The second-order valence-electron chi connectivity index (χ2n) is 9.53. The minimum absolute atomic E-state index is 0.109. The summed E-state index contributed by atoms with van der Waals surface area (Å²) in [6.45, 7) is 8.45. The number of anilines is 1. The van der Waals surface area contributed by atoms with Gasteiger partial charge >= 0.3 is 5.97 Å². The Morgan fingerprint density at radius 3 is 2.53 bits per heavy atom. The zero-order valence-electron chi connectivity index (χ0n) is 21.1. The highest BCUT2D eigenvalue weighted by atomic mass is 16.5. The van der Waals surface area contributed by atoms with Crippen LogP contribution in [0.25, 0.3) is 27.8 Å². The summed E-state index contributed by atoms with van der Waals surface area (Å²) in [6, 6.07) is 16.7. The van der Waals surface area contributed by atoms with E-state index in [1.54, 1.807) is 6.92 Å². The molecule has 1 saturated heterocycles. The minimum atomic E-state index is -1.26. The molecule has 1 N–H and O–H groups in total. The quantitative estimate of drug-likeness (QED) is 0.346. The fourth-order valence-electron chi connectivity index (χ4n) is 4.79. The second-order valence-corrected chi connectivity index (χ2v) is 9.53. The molecule has 0 bridgehead atoms. The molecule has 0 radical (unpaired) electrons. The van der Waals surface area contributed by atoms with Gasteiger partial charge in [0, 0.05) is 30.6 Å². The third-order valence-electron chi connectivity index (χ3n) is 7.22. The van der Waals surface area contributed by atoms with Crippen LogP contribution in [0.3, 0.4) is 0 Å². The highest BCUT2D eigenvalue weighted by Gasteiger charge is 2.32. The standard InChI is InChI=1S/C28H33N5O3/c1-4-28(3,27(34)35)36-19-22-17-26(20-12-13-21-18-29-32(5-2)25(21)16-20)33(30-22)24-11-7-6-10-23(24)31-14-8-9-15-31/h6-7,10-13,16-18H,4-5,8-9,14-15,19H2,1-3H3,(H,34,35). The maximum atomic E-state index is 11.8. The van der Waals surface area contributed by atoms with E-state index < -0.39 is 11.6 Å². The molecule has 36 heavy (non-hydrogen) atoms. The van der Waals surface area contributed by atoms with Crippen molar-refractivity contribution >= 4 is 22.6 Å². The molecule has 1 aliphatic rings.